The molecule has 0 aliphatic heterocycles. The molecule has 0 saturated heterocycles. The fourth-order valence-corrected chi connectivity index (χ4v) is 4.75. The van der Waals surface area contributed by atoms with Gasteiger partial charge in [0.15, 0.2) is 0 Å². The Kier molecular flexibility index (Phi) is 6.87. The van der Waals surface area contributed by atoms with Crippen LogP contribution in [0.5, 0.6) is 0 Å². The first-order valence-corrected chi connectivity index (χ1v) is 10.2. The zero-order chi connectivity index (χ0) is 18.6. The van der Waals surface area contributed by atoms with Crippen molar-refractivity contribution in [1.82, 2.24) is 4.90 Å². The van der Waals surface area contributed by atoms with E-state index >= 15 is 0 Å². The average Bonchev–Trinajstić information content (AvgIpc) is 3.10. The molecule has 140 valence electrons. The third-order valence-corrected chi connectivity index (χ3v) is 6.58. The topological polar surface area (TPSA) is 101 Å². The van der Waals surface area contributed by atoms with Crippen molar-refractivity contribution in [3.8, 4) is 0 Å². The number of sulfonamides is 1. The fraction of sp³-hybridized carbons (Fsp3) is 0.824. The molecule has 2 unspecified atom stereocenters. The molecule has 0 heterocycles. The lowest BCUT2D eigenvalue weighted by Gasteiger charge is -2.35. The highest BCUT2D eigenvalue weighted by Crippen LogP contribution is 2.51. The van der Waals surface area contributed by atoms with Crippen LogP contribution in [-0.2, 0) is 10.0 Å². The molecule has 6 nitrogen and oxygen atoms in total. The monoisotopic (exact) mass is 360 g/mol. The van der Waals surface area contributed by atoms with Crippen LogP contribution in [0.1, 0.15) is 72.1 Å². The van der Waals surface area contributed by atoms with E-state index in [1.807, 2.05) is 6.08 Å². The van der Waals surface area contributed by atoms with E-state index in [2.05, 4.69) is 6.58 Å². The number of primary sulfonamides is 1. The number of nitrogens with zero attached hydrogens (tertiary/aromatic N) is 1. The Morgan fingerprint density at radius 2 is 1.83 bits per heavy atom. The molecule has 7 heteroatoms. The Morgan fingerprint density at radius 3 is 2.29 bits per heavy atom. The molecule has 0 aromatic carbocycles. The smallest absolute Gasteiger partial charge is 0.408 e. The van der Waals surface area contributed by atoms with E-state index in [1.54, 1.807) is 20.8 Å². The minimum absolute atomic E-state index is 0.297. The van der Waals surface area contributed by atoms with Crippen LogP contribution in [0.3, 0.4) is 0 Å². The first kappa shape index (κ1) is 21.0. The molecule has 2 atom stereocenters. The van der Waals surface area contributed by atoms with E-state index in [9.17, 15) is 18.3 Å². The van der Waals surface area contributed by atoms with Gasteiger partial charge in [-0.1, -0.05) is 31.8 Å². The maximum absolute atomic E-state index is 12.1. The number of nitrogens with two attached hydrogens (primary N) is 1. The number of rotatable bonds is 10. The number of amides is 1. The van der Waals surface area contributed by atoms with Crippen molar-refractivity contribution in [2.24, 2.45) is 5.14 Å². The first-order valence-electron chi connectivity index (χ1n) is 8.63. The highest BCUT2D eigenvalue weighted by molar-refractivity contribution is 7.91. The Labute approximate surface area is 146 Å². The van der Waals surface area contributed by atoms with Crippen LogP contribution in [-0.4, -0.2) is 40.8 Å². The summed E-state index contributed by atoms with van der Waals surface area (Å²) in [5.41, 5.74) is -0.659. The Balaban J connectivity index is 2.69. The van der Waals surface area contributed by atoms with Gasteiger partial charge in [-0.15, -0.1) is 6.58 Å². The number of unbranched alkanes of at least 4 members (excludes halogenated alkanes) is 5. The fourth-order valence-electron chi connectivity index (χ4n) is 3.44. The van der Waals surface area contributed by atoms with E-state index in [-0.39, 0.29) is 0 Å². The lowest BCUT2D eigenvalue weighted by Crippen LogP contribution is -2.51. The predicted octanol–water partition coefficient (Wildman–Crippen LogP) is 3.48. The molecule has 0 spiro atoms. The molecular formula is C17H32N2O4S. The molecule has 24 heavy (non-hydrogen) atoms. The van der Waals surface area contributed by atoms with E-state index in [0.717, 1.165) is 38.5 Å². The summed E-state index contributed by atoms with van der Waals surface area (Å²) in [6, 6.07) is -0.550. The van der Waals surface area contributed by atoms with Crippen LogP contribution < -0.4 is 5.14 Å². The summed E-state index contributed by atoms with van der Waals surface area (Å²) >= 11 is 0. The van der Waals surface area contributed by atoms with E-state index < -0.39 is 32.4 Å². The van der Waals surface area contributed by atoms with Crippen molar-refractivity contribution in [1.29, 1.82) is 0 Å². The lowest BCUT2D eigenvalue weighted by molar-refractivity contribution is 0.0924. The summed E-state index contributed by atoms with van der Waals surface area (Å²) in [6.45, 7) is 9.00. The first-order chi connectivity index (χ1) is 11.0. The van der Waals surface area contributed by atoms with Gasteiger partial charge in [-0.05, 0) is 46.5 Å². The number of hydrogen-bond acceptors (Lipinski definition) is 3. The van der Waals surface area contributed by atoms with Gasteiger partial charge in [-0.3, -0.25) is 4.90 Å². The standard InChI is InChI=1S/C17H32N2O4S/c1-5-6-7-8-9-10-11-12-17(24(18,22)23)13-14(17)19(15(20)21)16(2,3)4/h5,14H,1,6-13H2,2-4H3,(H,20,21)(H2,18,22,23). The van der Waals surface area contributed by atoms with Gasteiger partial charge in [0.1, 0.15) is 4.75 Å². The van der Waals surface area contributed by atoms with Crippen LogP contribution in [0.15, 0.2) is 12.7 Å². The number of hydrogen-bond donors (Lipinski definition) is 2. The zero-order valence-electron chi connectivity index (χ0n) is 15.1. The van der Waals surface area contributed by atoms with E-state index in [1.165, 1.54) is 4.90 Å². The van der Waals surface area contributed by atoms with Crippen LogP contribution in [0.25, 0.3) is 0 Å². The van der Waals surface area contributed by atoms with Gasteiger partial charge in [-0.25, -0.2) is 18.4 Å². The maximum Gasteiger partial charge on any atom is 0.408 e. The Hall–Kier alpha value is -1.08. The second kappa shape index (κ2) is 7.87. The summed E-state index contributed by atoms with van der Waals surface area (Å²) in [6.07, 6.45) is 7.46. The van der Waals surface area contributed by atoms with E-state index in [4.69, 9.17) is 5.14 Å². The molecule has 0 bridgehead atoms. The van der Waals surface area contributed by atoms with Gasteiger partial charge in [0.25, 0.3) is 0 Å². The molecule has 1 saturated carbocycles. The largest absolute Gasteiger partial charge is 0.465 e. The van der Waals surface area contributed by atoms with Crippen molar-refractivity contribution >= 4 is 16.1 Å². The van der Waals surface area contributed by atoms with Gasteiger partial charge in [0.2, 0.25) is 10.0 Å². The molecule has 0 aromatic heterocycles. The van der Waals surface area contributed by atoms with Gasteiger partial charge in [0, 0.05) is 5.54 Å². The summed E-state index contributed by atoms with van der Waals surface area (Å²) in [7, 11) is -3.80. The second-order valence-electron chi connectivity index (χ2n) is 7.75. The van der Waals surface area contributed by atoms with Crippen molar-refractivity contribution < 1.29 is 18.3 Å². The Morgan fingerprint density at radius 1 is 1.29 bits per heavy atom. The van der Waals surface area contributed by atoms with Crippen molar-refractivity contribution in [2.45, 2.75) is 88.5 Å². The highest BCUT2D eigenvalue weighted by atomic mass is 32.2. The normalized spacial score (nSPS) is 23.8. The molecule has 1 aliphatic carbocycles. The summed E-state index contributed by atoms with van der Waals surface area (Å²) in [5, 5.41) is 15.0. The Bertz CT molecular complexity index is 553. The summed E-state index contributed by atoms with van der Waals surface area (Å²) < 4.78 is 23.2. The minimum Gasteiger partial charge on any atom is -0.465 e. The third kappa shape index (κ3) is 4.96. The van der Waals surface area contributed by atoms with Crippen molar-refractivity contribution in [3.05, 3.63) is 12.7 Å². The van der Waals surface area contributed by atoms with Gasteiger partial charge < -0.3 is 5.11 Å². The number of carbonyl (C=O) groups is 1. The van der Waals surface area contributed by atoms with Crippen LogP contribution in [0.4, 0.5) is 4.79 Å². The van der Waals surface area contributed by atoms with Crippen molar-refractivity contribution in [3.63, 3.8) is 0 Å². The number of carboxylic acid groups (broad SMARTS) is 1. The summed E-state index contributed by atoms with van der Waals surface area (Å²) in [5.74, 6) is 0. The molecule has 1 amide bonds. The average molecular weight is 361 g/mol. The molecule has 1 aliphatic rings. The zero-order valence-corrected chi connectivity index (χ0v) is 15.9. The molecule has 0 radical (unpaired) electrons. The van der Waals surface area contributed by atoms with Crippen LogP contribution in [0.2, 0.25) is 0 Å². The molecular weight excluding hydrogens is 328 g/mol. The predicted molar refractivity (Wildman–Crippen MR) is 96.4 cm³/mol. The maximum atomic E-state index is 12.1. The molecule has 1 rings (SSSR count). The highest BCUT2D eigenvalue weighted by Gasteiger charge is 2.66. The van der Waals surface area contributed by atoms with Gasteiger partial charge in [-0.2, -0.15) is 0 Å². The molecule has 0 aromatic rings. The molecule has 3 N–H and O–H groups in total. The van der Waals surface area contributed by atoms with E-state index in [0.29, 0.717) is 12.8 Å². The lowest BCUT2D eigenvalue weighted by atomic mass is 10.0. The molecule has 1 fully saturated rings. The van der Waals surface area contributed by atoms with Crippen LogP contribution in [0, 0.1) is 0 Å². The van der Waals surface area contributed by atoms with Gasteiger partial charge in [0.05, 0.1) is 6.04 Å². The van der Waals surface area contributed by atoms with Crippen LogP contribution >= 0.6 is 0 Å². The van der Waals surface area contributed by atoms with Gasteiger partial charge >= 0.3 is 6.09 Å². The quantitative estimate of drug-likeness (QED) is 0.460. The third-order valence-electron chi connectivity index (χ3n) is 4.80. The van der Waals surface area contributed by atoms with Crippen molar-refractivity contribution in [2.75, 3.05) is 0 Å². The minimum atomic E-state index is -3.80. The SMILES string of the molecule is C=CCCCCCCCC1(S(N)(=O)=O)CC1N(C(=O)O)C(C)(C)C. The number of allylic oxidation sites excluding steroid dienone is 1. The summed E-state index contributed by atoms with van der Waals surface area (Å²) in [4.78, 5) is 12.9. The second-order valence-corrected chi connectivity index (χ2v) is 9.65.